The summed E-state index contributed by atoms with van der Waals surface area (Å²) in [6, 6.07) is 0. The largest absolute Gasteiger partial charge is 0.118 e. The first-order valence-corrected chi connectivity index (χ1v) is 8.00. The monoisotopic (exact) mass is 348 g/mol. The highest BCUT2D eigenvalue weighted by Gasteiger charge is 2.43. The average molecular weight is 351 g/mol. The Morgan fingerprint density at radius 1 is 0.889 bits per heavy atom. The number of allylic oxidation sites excluding steroid dienone is 4. The molecule has 0 spiro atoms. The van der Waals surface area contributed by atoms with Crippen molar-refractivity contribution in [1.29, 1.82) is 0 Å². The SMILES string of the molecule is CC(C)CCCCCC1(Cl)C(Cl)=C(Cl)C(Cl)=C1Cl. The van der Waals surface area contributed by atoms with Crippen LogP contribution in [0, 0.1) is 5.92 Å². The lowest BCUT2D eigenvalue weighted by molar-refractivity contribution is 0.513. The van der Waals surface area contributed by atoms with Crippen LogP contribution in [-0.2, 0) is 0 Å². The predicted molar refractivity (Wildman–Crippen MR) is 84.0 cm³/mol. The Balaban J connectivity index is 2.52. The summed E-state index contributed by atoms with van der Waals surface area (Å²) in [5.74, 6) is 0.734. The summed E-state index contributed by atoms with van der Waals surface area (Å²) in [5.41, 5.74) is 0. The Morgan fingerprint density at radius 3 is 1.83 bits per heavy atom. The number of alkyl halides is 1. The molecule has 1 rings (SSSR count). The van der Waals surface area contributed by atoms with Gasteiger partial charge in [-0.1, -0.05) is 85.9 Å². The molecule has 0 aliphatic heterocycles. The fraction of sp³-hybridized carbons (Fsp3) is 0.692. The van der Waals surface area contributed by atoms with Gasteiger partial charge in [-0.25, -0.2) is 0 Å². The minimum Gasteiger partial charge on any atom is -0.107 e. The molecular weight excluding hydrogens is 333 g/mol. The van der Waals surface area contributed by atoms with Gasteiger partial charge in [-0.2, -0.15) is 0 Å². The molecule has 0 N–H and O–H groups in total. The fourth-order valence-electron chi connectivity index (χ4n) is 1.95. The van der Waals surface area contributed by atoms with Crippen molar-refractivity contribution in [3.05, 3.63) is 20.1 Å². The first kappa shape index (κ1) is 17.0. The first-order chi connectivity index (χ1) is 8.30. The minimum absolute atomic E-state index is 0.278. The maximum atomic E-state index is 6.45. The van der Waals surface area contributed by atoms with Gasteiger partial charge >= 0.3 is 0 Å². The van der Waals surface area contributed by atoms with Crippen molar-refractivity contribution >= 4 is 58.0 Å². The van der Waals surface area contributed by atoms with E-state index in [1.54, 1.807) is 0 Å². The Hall–Kier alpha value is 0.930. The lowest BCUT2D eigenvalue weighted by Crippen LogP contribution is -2.20. The molecule has 0 heterocycles. The summed E-state index contributed by atoms with van der Waals surface area (Å²) in [6.07, 6.45) is 5.14. The molecule has 0 atom stereocenters. The highest BCUT2D eigenvalue weighted by atomic mass is 35.5. The van der Waals surface area contributed by atoms with E-state index in [-0.39, 0.29) is 10.1 Å². The highest BCUT2D eigenvalue weighted by Crippen LogP contribution is 2.53. The van der Waals surface area contributed by atoms with Crippen molar-refractivity contribution in [3.63, 3.8) is 0 Å². The van der Waals surface area contributed by atoms with Crippen LogP contribution in [0.15, 0.2) is 20.1 Å². The third-order valence-electron chi connectivity index (χ3n) is 3.08. The van der Waals surface area contributed by atoms with Gasteiger partial charge in [0, 0.05) is 0 Å². The molecule has 0 aromatic rings. The summed E-state index contributed by atoms with van der Waals surface area (Å²) in [6.45, 7) is 4.44. The Kier molecular flexibility index (Phi) is 6.69. The molecule has 0 aromatic heterocycles. The molecule has 1 aliphatic carbocycles. The number of rotatable bonds is 6. The van der Waals surface area contributed by atoms with E-state index in [0.717, 1.165) is 18.8 Å². The van der Waals surface area contributed by atoms with Gasteiger partial charge in [0.25, 0.3) is 0 Å². The van der Waals surface area contributed by atoms with E-state index in [4.69, 9.17) is 58.0 Å². The molecule has 0 saturated heterocycles. The topological polar surface area (TPSA) is 0 Å². The third kappa shape index (κ3) is 3.73. The first-order valence-electron chi connectivity index (χ1n) is 6.11. The van der Waals surface area contributed by atoms with E-state index in [2.05, 4.69) is 13.8 Å². The molecule has 1 aliphatic rings. The Morgan fingerprint density at radius 2 is 1.39 bits per heavy atom. The smallest absolute Gasteiger partial charge is 0.107 e. The quantitative estimate of drug-likeness (QED) is 0.359. The molecule has 5 heteroatoms. The van der Waals surface area contributed by atoms with E-state index in [1.165, 1.54) is 12.8 Å². The molecule has 0 saturated carbocycles. The lowest BCUT2D eigenvalue weighted by Gasteiger charge is -2.22. The summed E-state index contributed by atoms with van der Waals surface area (Å²) in [7, 11) is 0. The van der Waals surface area contributed by atoms with Crippen LogP contribution >= 0.6 is 58.0 Å². The van der Waals surface area contributed by atoms with Crippen molar-refractivity contribution in [2.24, 2.45) is 5.92 Å². The lowest BCUT2D eigenvalue weighted by atomic mass is 9.99. The van der Waals surface area contributed by atoms with Crippen molar-refractivity contribution in [2.45, 2.75) is 50.8 Å². The second-order valence-corrected chi connectivity index (χ2v) is 7.21. The van der Waals surface area contributed by atoms with Crippen molar-refractivity contribution in [1.82, 2.24) is 0 Å². The molecule has 0 amide bonds. The predicted octanol–water partition coefficient (Wildman–Crippen LogP) is 6.96. The fourth-order valence-corrected chi connectivity index (χ4v) is 3.60. The number of hydrogen-bond donors (Lipinski definition) is 0. The van der Waals surface area contributed by atoms with Gasteiger partial charge in [-0.05, 0) is 12.3 Å². The Bertz CT molecular complexity index is 344. The molecule has 18 heavy (non-hydrogen) atoms. The molecule has 0 bridgehead atoms. The maximum Gasteiger partial charge on any atom is 0.118 e. The van der Waals surface area contributed by atoms with Crippen LogP contribution < -0.4 is 0 Å². The van der Waals surface area contributed by atoms with Gasteiger partial charge in [0.1, 0.15) is 4.87 Å². The highest BCUT2D eigenvalue weighted by molar-refractivity contribution is 6.58. The molecule has 0 unspecified atom stereocenters. The molecular formula is C13H17Cl5. The van der Waals surface area contributed by atoms with E-state index in [9.17, 15) is 0 Å². The Labute approximate surface area is 134 Å². The molecule has 0 nitrogen and oxygen atoms in total. The van der Waals surface area contributed by atoms with E-state index in [1.807, 2.05) is 0 Å². The second-order valence-electron chi connectivity index (χ2n) is 5.05. The second kappa shape index (κ2) is 7.09. The summed E-state index contributed by atoms with van der Waals surface area (Å²) in [5, 5.41) is 1.26. The van der Waals surface area contributed by atoms with Crippen LogP contribution in [0.2, 0.25) is 0 Å². The van der Waals surface area contributed by atoms with Crippen LogP contribution in [0.1, 0.15) is 46.0 Å². The van der Waals surface area contributed by atoms with Gasteiger partial charge in [0.15, 0.2) is 0 Å². The zero-order valence-corrected chi connectivity index (χ0v) is 14.3. The van der Waals surface area contributed by atoms with E-state index >= 15 is 0 Å². The van der Waals surface area contributed by atoms with Crippen molar-refractivity contribution < 1.29 is 0 Å². The van der Waals surface area contributed by atoms with Gasteiger partial charge in [0.05, 0.1) is 20.1 Å². The average Bonchev–Trinajstić information content (AvgIpc) is 2.45. The third-order valence-corrected chi connectivity index (χ3v) is 5.91. The number of unbranched alkanes of at least 4 members (excludes halogenated alkanes) is 2. The van der Waals surface area contributed by atoms with Crippen molar-refractivity contribution in [2.75, 3.05) is 0 Å². The molecule has 0 aromatic carbocycles. The molecule has 104 valence electrons. The van der Waals surface area contributed by atoms with Gasteiger partial charge < -0.3 is 0 Å². The number of hydrogen-bond acceptors (Lipinski definition) is 0. The standard InChI is InChI=1S/C13H17Cl5/c1-8(2)6-4-3-5-7-13(18)11(16)9(14)10(15)12(13)17/h8H,3-7H2,1-2H3. The van der Waals surface area contributed by atoms with Crippen LogP contribution in [0.4, 0.5) is 0 Å². The normalized spacial score (nSPS) is 19.3. The van der Waals surface area contributed by atoms with Crippen molar-refractivity contribution in [3.8, 4) is 0 Å². The molecule has 0 radical (unpaired) electrons. The van der Waals surface area contributed by atoms with Gasteiger partial charge in [-0.15, -0.1) is 11.6 Å². The summed E-state index contributed by atoms with van der Waals surface area (Å²) < 4.78 is 0. The summed E-state index contributed by atoms with van der Waals surface area (Å²) in [4.78, 5) is -0.908. The zero-order valence-electron chi connectivity index (χ0n) is 10.5. The van der Waals surface area contributed by atoms with Crippen LogP contribution in [0.5, 0.6) is 0 Å². The zero-order chi connectivity index (χ0) is 13.9. The van der Waals surface area contributed by atoms with Gasteiger partial charge in [0.2, 0.25) is 0 Å². The molecule has 0 fully saturated rings. The van der Waals surface area contributed by atoms with Crippen LogP contribution in [0.3, 0.4) is 0 Å². The van der Waals surface area contributed by atoms with Crippen LogP contribution in [-0.4, -0.2) is 4.87 Å². The maximum absolute atomic E-state index is 6.45. The van der Waals surface area contributed by atoms with Gasteiger partial charge in [-0.3, -0.25) is 0 Å². The minimum atomic E-state index is -0.908. The summed E-state index contributed by atoms with van der Waals surface area (Å²) >= 11 is 30.6. The number of halogens is 5. The van der Waals surface area contributed by atoms with E-state index < -0.39 is 4.87 Å². The van der Waals surface area contributed by atoms with Crippen LogP contribution in [0.25, 0.3) is 0 Å². The van der Waals surface area contributed by atoms with E-state index in [0.29, 0.717) is 16.5 Å².